The maximum Gasteiger partial charge on any atom is 0.273 e. The molecular weight excluding hydrogens is 305 g/mol. The van der Waals surface area contributed by atoms with Gasteiger partial charge in [-0.1, -0.05) is 24.3 Å². The molecule has 24 heavy (non-hydrogen) atoms. The van der Waals surface area contributed by atoms with E-state index in [9.17, 15) is 9.18 Å². The standard InChI is InChI=1S/C19H16FN3O/c1-23(19(24)17-10-3-5-12-22-17)18(16-9-2-4-11-21-16)14-7-6-8-15(20)13-14/h2-13,18H,1H3/t18-/m1/s1. The first-order valence-electron chi connectivity index (χ1n) is 7.51. The summed E-state index contributed by atoms with van der Waals surface area (Å²) in [6.07, 6.45) is 3.22. The van der Waals surface area contributed by atoms with Crippen molar-refractivity contribution < 1.29 is 9.18 Å². The number of benzene rings is 1. The molecule has 5 heteroatoms. The van der Waals surface area contributed by atoms with E-state index in [0.717, 1.165) is 0 Å². The van der Waals surface area contributed by atoms with Crippen LogP contribution in [0.4, 0.5) is 4.39 Å². The fraction of sp³-hybridized carbons (Fsp3) is 0.105. The summed E-state index contributed by atoms with van der Waals surface area (Å²) in [6, 6.07) is 16.3. The van der Waals surface area contributed by atoms with Gasteiger partial charge in [-0.05, 0) is 42.0 Å². The van der Waals surface area contributed by atoms with Gasteiger partial charge < -0.3 is 4.90 Å². The Morgan fingerprint density at radius 1 is 1.00 bits per heavy atom. The van der Waals surface area contributed by atoms with Gasteiger partial charge in [0.2, 0.25) is 0 Å². The fourth-order valence-corrected chi connectivity index (χ4v) is 2.59. The van der Waals surface area contributed by atoms with E-state index in [4.69, 9.17) is 0 Å². The molecule has 0 aliphatic rings. The van der Waals surface area contributed by atoms with Crippen LogP contribution in [0, 0.1) is 5.82 Å². The summed E-state index contributed by atoms with van der Waals surface area (Å²) < 4.78 is 13.7. The molecule has 0 aliphatic heterocycles. The molecule has 3 rings (SSSR count). The van der Waals surface area contributed by atoms with E-state index in [1.54, 1.807) is 55.8 Å². The van der Waals surface area contributed by atoms with Gasteiger partial charge in [-0.15, -0.1) is 0 Å². The molecule has 0 saturated heterocycles. The van der Waals surface area contributed by atoms with E-state index in [0.29, 0.717) is 17.0 Å². The molecule has 0 saturated carbocycles. The van der Waals surface area contributed by atoms with Crippen LogP contribution < -0.4 is 0 Å². The van der Waals surface area contributed by atoms with Crippen LogP contribution in [-0.2, 0) is 0 Å². The van der Waals surface area contributed by atoms with E-state index in [1.165, 1.54) is 17.0 Å². The van der Waals surface area contributed by atoms with Crippen molar-refractivity contribution in [2.24, 2.45) is 0 Å². The third-order valence-corrected chi connectivity index (χ3v) is 3.72. The number of halogens is 1. The average Bonchev–Trinajstić information content (AvgIpc) is 2.63. The van der Waals surface area contributed by atoms with Crippen molar-refractivity contribution in [3.63, 3.8) is 0 Å². The van der Waals surface area contributed by atoms with E-state index >= 15 is 0 Å². The summed E-state index contributed by atoms with van der Waals surface area (Å²) in [5.74, 6) is -0.609. The summed E-state index contributed by atoms with van der Waals surface area (Å²) in [6.45, 7) is 0. The summed E-state index contributed by atoms with van der Waals surface area (Å²) in [5.41, 5.74) is 1.65. The van der Waals surface area contributed by atoms with Crippen LogP contribution in [0.25, 0.3) is 0 Å². The number of hydrogen-bond donors (Lipinski definition) is 0. The second-order valence-electron chi connectivity index (χ2n) is 5.34. The smallest absolute Gasteiger partial charge is 0.273 e. The first kappa shape index (κ1) is 15.8. The zero-order chi connectivity index (χ0) is 16.9. The third kappa shape index (κ3) is 3.30. The van der Waals surface area contributed by atoms with Crippen molar-refractivity contribution in [3.8, 4) is 0 Å². The Morgan fingerprint density at radius 2 is 1.75 bits per heavy atom. The minimum Gasteiger partial charge on any atom is -0.328 e. The van der Waals surface area contributed by atoms with Gasteiger partial charge in [-0.25, -0.2) is 4.39 Å². The van der Waals surface area contributed by atoms with Crippen LogP contribution in [-0.4, -0.2) is 27.8 Å². The van der Waals surface area contributed by atoms with Gasteiger partial charge >= 0.3 is 0 Å². The molecule has 2 heterocycles. The van der Waals surface area contributed by atoms with Crippen molar-refractivity contribution in [2.45, 2.75) is 6.04 Å². The Bertz CT molecular complexity index is 824. The van der Waals surface area contributed by atoms with Crippen molar-refractivity contribution in [2.75, 3.05) is 7.05 Å². The molecule has 0 unspecified atom stereocenters. The summed E-state index contributed by atoms with van der Waals surface area (Å²) in [7, 11) is 1.67. The Hall–Kier alpha value is -3.08. The van der Waals surface area contributed by atoms with Crippen molar-refractivity contribution >= 4 is 5.91 Å². The predicted molar refractivity (Wildman–Crippen MR) is 88.8 cm³/mol. The number of pyridine rings is 2. The van der Waals surface area contributed by atoms with Gasteiger partial charge in [0.1, 0.15) is 11.5 Å². The summed E-state index contributed by atoms with van der Waals surface area (Å²) in [5, 5.41) is 0. The highest BCUT2D eigenvalue weighted by molar-refractivity contribution is 5.92. The van der Waals surface area contributed by atoms with Gasteiger partial charge in [0.05, 0.1) is 11.7 Å². The molecule has 0 radical (unpaired) electrons. The van der Waals surface area contributed by atoms with Gasteiger partial charge in [0.25, 0.3) is 5.91 Å². The lowest BCUT2D eigenvalue weighted by Gasteiger charge is -2.28. The fourth-order valence-electron chi connectivity index (χ4n) is 2.59. The molecular formula is C19H16FN3O. The van der Waals surface area contributed by atoms with E-state index in [-0.39, 0.29) is 11.7 Å². The Labute approximate surface area is 139 Å². The van der Waals surface area contributed by atoms with E-state index < -0.39 is 6.04 Å². The number of amides is 1. The predicted octanol–water partition coefficient (Wildman–Crippen LogP) is 3.48. The molecule has 0 aliphatic carbocycles. The van der Waals surface area contributed by atoms with Gasteiger partial charge in [0.15, 0.2) is 0 Å². The number of rotatable bonds is 4. The summed E-state index contributed by atoms with van der Waals surface area (Å²) in [4.78, 5) is 22.7. The Kier molecular flexibility index (Phi) is 4.61. The van der Waals surface area contributed by atoms with Gasteiger partial charge in [0, 0.05) is 19.4 Å². The lowest BCUT2D eigenvalue weighted by Crippen LogP contribution is -2.33. The highest BCUT2D eigenvalue weighted by Crippen LogP contribution is 2.27. The van der Waals surface area contributed by atoms with Crippen LogP contribution in [0.15, 0.2) is 73.1 Å². The van der Waals surface area contributed by atoms with E-state index in [1.807, 2.05) is 12.1 Å². The second kappa shape index (κ2) is 7.00. The average molecular weight is 321 g/mol. The largest absolute Gasteiger partial charge is 0.328 e. The molecule has 1 atom stereocenters. The van der Waals surface area contributed by atoms with Crippen LogP contribution in [0.5, 0.6) is 0 Å². The van der Waals surface area contributed by atoms with E-state index in [2.05, 4.69) is 9.97 Å². The molecule has 0 N–H and O–H groups in total. The molecule has 1 aromatic carbocycles. The van der Waals surface area contributed by atoms with Gasteiger partial charge in [-0.2, -0.15) is 0 Å². The SMILES string of the molecule is CN(C(=O)c1ccccn1)[C@H](c1cccc(F)c1)c1ccccn1. The van der Waals surface area contributed by atoms with Crippen LogP contribution in [0.3, 0.4) is 0 Å². The molecule has 0 bridgehead atoms. The van der Waals surface area contributed by atoms with Crippen molar-refractivity contribution in [3.05, 3.63) is 95.8 Å². The first-order valence-corrected chi connectivity index (χ1v) is 7.51. The zero-order valence-corrected chi connectivity index (χ0v) is 13.1. The molecule has 4 nitrogen and oxygen atoms in total. The lowest BCUT2D eigenvalue weighted by molar-refractivity contribution is 0.0746. The highest BCUT2D eigenvalue weighted by Gasteiger charge is 2.26. The molecule has 0 fully saturated rings. The number of hydrogen-bond acceptors (Lipinski definition) is 3. The number of carbonyl (C=O) groups excluding carboxylic acids is 1. The normalized spacial score (nSPS) is 11.8. The Morgan fingerprint density at radius 3 is 2.38 bits per heavy atom. The number of nitrogens with zero attached hydrogens (tertiary/aromatic N) is 3. The quantitative estimate of drug-likeness (QED) is 0.739. The highest BCUT2D eigenvalue weighted by atomic mass is 19.1. The second-order valence-corrected chi connectivity index (χ2v) is 5.34. The minimum atomic E-state index is -0.503. The number of aromatic nitrogens is 2. The van der Waals surface area contributed by atoms with Crippen molar-refractivity contribution in [1.29, 1.82) is 0 Å². The molecule has 2 aromatic heterocycles. The number of carbonyl (C=O) groups is 1. The topological polar surface area (TPSA) is 46.1 Å². The van der Waals surface area contributed by atoms with Crippen LogP contribution in [0.1, 0.15) is 27.8 Å². The maximum absolute atomic E-state index is 13.7. The monoisotopic (exact) mass is 321 g/mol. The molecule has 3 aromatic rings. The Balaban J connectivity index is 2.03. The van der Waals surface area contributed by atoms with Crippen LogP contribution >= 0.6 is 0 Å². The zero-order valence-electron chi connectivity index (χ0n) is 13.1. The summed E-state index contributed by atoms with van der Waals surface area (Å²) >= 11 is 0. The third-order valence-electron chi connectivity index (χ3n) is 3.72. The maximum atomic E-state index is 13.7. The first-order chi connectivity index (χ1) is 11.7. The lowest BCUT2D eigenvalue weighted by atomic mass is 10.0. The minimum absolute atomic E-state index is 0.254. The van der Waals surface area contributed by atoms with Crippen LogP contribution in [0.2, 0.25) is 0 Å². The molecule has 120 valence electrons. The van der Waals surface area contributed by atoms with Gasteiger partial charge in [-0.3, -0.25) is 14.8 Å². The van der Waals surface area contributed by atoms with Crippen molar-refractivity contribution in [1.82, 2.24) is 14.9 Å². The molecule has 1 amide bonds. The molecule has 0 spiro atoms.